The van der Waals surface area contributed by atoms with Gasteiger partial charge in [0.15, 0.2) is 0 Å². The van der Waals surface area contributed by atoms with Crippen LogP contribution in [0.1, 0.15) is 31.1 Å². The minimum Gasteiger partial charge on any atom is -0.457 e. The molecule has 0 saturated carbocycles. The number of ether oxygens (including phenoxy) is 14. The minimum atomic E-state index is -0.902. The Morgan fingerprint density at radius 1 is 0.421 bits per heavy atom. The van der Waals surface area contributed by atoms with Gasteiger partial charge in [0.05, 0.1) is 159 Å². The molecule has 0 unspecified atom stereocenters. The van der Waals surface area contributed by atoms with E-state index in [-0.39, 0.29) is 13.2 Å². The Morgan fingerprint density at radius 3 is 1.00 bits per heavy atom. The summed E-state index contributed by atoms with van der Waals surface area (Å²) in [6.07, 6.45) is -0.459. The van der Waals surface area contributed by atoms with Gasteiger partial charge in [-0.05, 0) is 20.8 Å². The van der Waals surface area contributed by atoms with Gasteiger partial charge in [-0.3, -0.25) is 4.79 Å². The highest BCUT2D eigenvalue weighted by molar-refractivity contribution is 6.40. The lowest BCUT2D eigenvalue weighted by Crippen LogP contribution is -2.34. The Balaban J connectivity index is 1.65. The van der Waals surface area contributed by atoms with Crippen molar-refractivity contribution in [2.24, 2.45) is 0 Å². The number of esters is 1. The molecule has 0 bridgehead atoms. The Hall–Kier alpha value is -2.85. The number of carbonyl (C=O) groups excluding carboxylic acids is 3. The standard InChI is InChI=1S/C39H67NO17/c1-39(2,3)57-38(43)40-9-10-44-11-12-45-13-14-46-15-16-47-17-18-48-19-20-49-21-22-50-23-24-51-25-26-52-27-28-53-29-30-54-31-32-55-33-34-56-37(42)36(41)35-7-5-4-6-8-35/h4-8H,9-34H2,1-3H3,(H,40,43). The Bertz CT molecular complexity index is 1080. The first kappa shape index (κ1) is 52.2. The maximum absolute atomic E-state index is 11.9. The van der Waals surface area contributed by atoms with Crippen molar-refractivity contribution in [1.82, 2.24) is 5.32 Å². The Morgan fingerprint density at radius 2 is 0.702 bits per heavy atom. The molecule has 1 aromatic rings. The third-order valence-corrected chi connectivity index (χ3v) is 6.69. The third-order valence-electron chi connectivity index (χ3n) is 6.69. The zero-order valence-corrected chi connectivity index (χ0v) is 34.2. The van der Waals surface area contributed by atoms with Crippen LogP contribution in [0.25, 0.3) is 0 Å². The number of carbonyl (C=O) groups is 3. The number of ketones is 1. The van der Waals surface area contributed by atoms with E-state index in [1.807, 2.05) is 20.8 Å². The van der Waals surface area contributed by atoms with Crippen molar-refractivity contribution in [3.63, 3.8) is 0 Å². The molecule has 0 saturated heterocycles. The molecule has 1 N–H and O–H groups in total. The van der Waals surface area contributed by atoms with Crippen LogP contribution in [0.3, 0.4) is 0 Å². The summed E-state index contributed by atoms with van der Waals surface area (Å²) in [4.78, 5) is 35.2. The number of rotatable bonds is 41. The topological polar surface area (TPSA) is 192 Å². The Labute approximate surface area is 337 Å². The van der Waals surface area contributed by atoms with E-state index in [2.05, 4.69) is 5.32 Å². The first-order valence-corrected chi connectivity index (χ1v) is 19.5. The highest BCUT2D eigenvalue weighted by Crippen LogP contribution is 2.06. The number of Topliss-reactive ketones (excluding diaryl/α,β-unsaturated/α-hetero) is 1. The highest BCUT2D eigenvalue weighted by Gasteiger charge is 2.17. The summed E-state index contributed by atoms with van der Waals surface area (Å²) in [5, 5.41) is 2.63. The first-order chi connectivity index (χ1) is 27.8. The van der Waals surface area contributed by atoms with Gasteiger partial charge in [-0.15, -0.1) is 0 Å². The quantitative estimate of drug-likeness (QED) is 0.0437. The van der Waals surface area contributed by atoms with E-state index in [9.17, 15) is 14.4 Å². The lowest BCUT2D eigenvalue weighted by atomic mass is 10.1. The molecule has 0 atom stereocenters. The van der Waals surface area contributed by atoms with Crippen LogP contribution in [0.5, 0.6) is 0 Å². The molecule has 0 heterocycles. The Kier molecular flexibility index (Phi) is 35.4. The number of hydrogen-bond donors (Lipinski definition) is 1. The monoisotopic (exact) mass is 821 g/mol. The van der Waals surface area contributed by atoms with Crippen LogP contribution in [0.4, 0.5) is 4.79 Å². The van der Waals surface area contributed by atoms with Gasteiger partial charge in [0.1, 0.15) is 12.2 Å². The lowest BCUT2D eigenvalue weighted by molar-refractivity contribution is -0.139. The maximum Gasteiger partial charge on any atom is 0.407 e. The van der Waals surface area contributed by atoms with Crippen molar-refractivity contribution in [3.05, 3.63) is 35.9 Å². The number of alkyl carbamates (subject to hydrolysis) is 1. The van der Waals surface area contributed by atoms with E-state index in [0.717, 1.165) is 0 Å². The molecule has 330 valence electrons. The second kappa shape index (κ2) is 38.7. The molecular formula is C39H67NO17. The first-order valence-electron chi connectivity index (χ1n) is 19.5. The molecule has 1 amide bonds. The fourth-order valence-corrected chi connectivity index (χ4v) is 4.03. The molecule has 0 aliphatic heterocycles. The normalized spacial score (nSPS) is 11.5. The van der Waals surface area contributed by atoms with Gasteiger partial charge in [0.2, 0.25) is 0 Å². The van der Waals surface area contributed by atoms with Crippen LogP contribution in [0.15, 0.2) is 30.3 Å². The van der Waals surface area contributed by atoms with Gasteiger partial charge in [0, 0.05) is 12.1 Å². The summed E-state index contributed by atoms with van der Waals surface area (Å²) < 4.78 is 75.4. The summed E-state index contributed by atoms with van der Waals surface area (Å²) in [6.45, 7) is 16.3. The number of hydrogen-bond acceptors (Lipinski definition) is 17. The number of nitrogens with one attached hydrogen (secondary N) is 1. The van der Waals surface area contributed by atoms with Crippen molar-refractivity contribution in [2.75, 3.05) is 172 Å². The van der Waals surface area contributed by atoms with Crippen molar-refractivity contribution in [1.29, 1.82) is 0 Å². The summed E-state index contributed by atoms with van der Waals surface area (Å²) in [5.41, 5.74) is -0.229. The second-order valence-electron chi connectivity index (χ2n) is 12.6. The third kappa shape index (κ3) is 37.2. The van der Waals surface area contributed by atoms with Gasteiger partial charge in [-0.25, -0.2) is 9.59 Å². The van der Waals surface area contributed by atoms with E-state index in [1.54, 1.807) is 30.3 Å². The molecule has 18 heteroatoms. The van der Waals surface area contributed by atoms with Crippen molar-refractivity contribution >= 4 is 17.8 Å². The van der Waals surface area contributed by atoms with Crippen LogP contribution in [-0.4, -0.2) is 195 Å². The lowest BCUT2D eigenvalue weighted by Gasteiger charge is -2.19. The van der Waals surface area contributed by atoms with Crippen LogP contribution in [0, 0.1) is 0 Å². The fourth-order valence-electron chi connectivity index (χ4n) is 4.03. The van der Waals surface area contributed by atoms with E-state index in [1.165, 1.54) is 0 Å². The highest BCUT2D eigenvalue weighted by atomic mass is 16.6. The predicted octanol–water partition coefficient (Wildman–Crippen LogP) is 2.14. The average molecular weight is 822 g/mol. The second-order valence-corrected chi connectivity index (χ2v) is 12.6. The molecule has 57 heavy (non-hydrogen) atoms. The molecule has 0 aromatic heterocycles. The molecule has 0 radical (unpaired) electrons. The van der Waals surface area contributed by atoms with E-state index < -0.39 is 23.4 Å². The zero-order chi connectivity index (χ0) is 41.3. The summed E-state index contributed by atoms with van der Waals surface area (Å²) in [5.74, 6) is -1.58. The van der Waals surface area contributed by atoms with Crippen molar-refractivity contribution in [3.8, 4) is 0 Å². The van der Waals surface area contributed by atoms with Gasteiger partial charge >= 0.3 is 12.1 Å². The van der Waals surface area contributed by atoms with E-state index >= 15 is 0 Å². The molecule has 0 aliphatic carbocycles. The zero-order valence-electron chi connectivity index (χ0n) is 34.2. The van der Waals surface area contributed by atoms with Gasteiger partial charge in [0.25, 0.3) is 5.78 Å². The van der Waals surface area contributed by atoms with Crippen LogP contribution in [0.2, 0.25) is 0 Å². The van der Waals surface area contributed by atoms with E-state index in [4.69, 9.17) is 66.3 Å². The fraction of sp³-hybridized carbons (Fsp3) is 0.769. The van der Waals surface area contributed by atoms with Crippen LogP contribution >= 0.6 is 0 Å². The number of benzene rings is 1. The molecular weight excluding hydrogens is 754 g/mol. The summed E-state index contributed by atoms with van der Waals surface area (Å²) in [6, 6.07) is 8.24. The smallest absolute Gasteiger partial charge is 0.407 e. The van der Waals surface area contributed by atoms with E-state index in [0.29, 0.717) is 164 Å². The molecule has 1 rings (SSSR count). The van der Waals surface area contributed by atoms with Gasteiger partial charge < -0.3 is 71.6 Å². The van der Waals surface area contributed by atoms with Crippen LogP contribution < -0.4 is 5.32 Å². The average Bonchev–Trinajstić information content (AvgIpc) is 3.19. The summed E-state index contributed by atoms with van der Waals surface area (Å²) >= 11 is 0. The molecule has 0 spiro atoms. The van der Waals surface area contributed by atoms with Crippen LogP contribution in [-0.2, 0) is 71.1 Å². The number of amides is 1. The molecule has 0 aliphatic rings. The maximum atomic E-state index is 11.9. The van der Waals surface area contributed by atoms with Crippen molar-refractivity contribution < 1.29 is 80.7 Å². The molecule has 1 aromatic carbocycles. The van der Waals surface area contributed by atoms with Crippen molar-refractivity contribution in [2.45, 2.75) is 26.4 Å². The van der Waals surface area contributed by atoms with Gasteiger partial charge in [-0.2, -0.15) is 0 Å². The largest absolute Gasteiger partial charge is 0.457 e. The van der Waals surface area contributed by atoms with Gasteiger partial charge in [-0.1, -0.05) is 30.3 Å². The summed E-state index contributed by atoms with van der Waals surface area (Å²) in [7, 11) is 0. The SMILES string of the molecule is CC(C)(C)OC(=O)NCCOCCOCCOCCOCCOCCOCCOCCOCCOCCOCCOCCOCCOC(=O)C(=O)c1ccccc1. The molecule has 0 fully saturated rings. The molecule has 18 nitrogen and oxygen atoms in total. The predicted molar refractivity (Wildman–Crippen MR) is 206 cm³/mol. The minimum absolute atomic E-state index is 0.00902.